The summed E-state index contributed by atoms with van der Waals surface area (Å²) in [6.07, 6.45) is 4.47. The van der Waals surface area contributed by atoms with E-state index in [2.05, 4.69) is 5.10 Å². The first-order chi connectivity index (χ1) is 7.59. The van der Waals surface area contributed by atoms with Crippen LogP contribution in [0.25, 0.3) is 0 Å². The van der Waals surface area contributed by atoms with Crippen molar-refractivity contribution in [3.8, 4) is 0 Å². The van der Waals surface area contributed by atoms with Crippen LogP contribution in [0, 0.1) is 19.8 Å². The van der Waals surface area contributed by atoms with Crippen LogP contribution in [-0.4, -0.2) is 15.6 Å². The summed E-state index contributed by atoms with van der Waals surface area (Å²) < 4.78 is 1.73. The van der Waals surface area contributed by atoms with E-state index in [0.717, 1.165) is 24.2 Å². The second-order valence-corrected chi connectivity index (χ2v) is 4.97. The molecule has 1 aliphatic carbocycles. The molecule has 0 aliphatic heterocycles. The van der Waals surface area contributed by atoms with Gasteiger partial charge in [0.25, 0.3) is 0 Å². The van der Waals surface area contributed by atoms with E-state index in [0.29, 0.717) is 17.4 Å². The third-order valence-corrected chi connectivity index (χ3v) is 3.96. The molecule has 0 spiro atoms. The third kappa shape index (κ3) is 2.14. The number of hydrogen-bond acceptors (Lipinski definition) is 2. The van der Waals surface area contributed by atoms with Gasteiger partial charge in [0.2, 0.25) is 0 Å². The van der Waals surface area contributed by atoms with Crippen molar-refractivity contribution in [2.24, 2.45) is 5.92 Å². The molecule has 1 saturated carbocycles. The lowest BCUT2D eigenvalue weighted by molar-refractivity contribution is -0.123. The van der Waals surface area contributed by atoms with Gasteiger partial charge in [-0.2, -0.15) is 5.10 Å². The Hall–Kier alpha value is -0.830. The summed E-state index contributed by atoms with van der Waals surface area (Å²) in [4.78, 5) is 12.0. The molecular formula is C12H17ClN2O. The fourth-order valence-corrected chi connectivity index (χ4v) is 2.49. The number of Topliss-reactive ketones (excluding diaryl/α,β-unsaturated/α-hetero) is 1. The lowest BCUT2D eigenvalue weighted by Crippen LogP contribution is -2.19. The molecule has 3 nitrogen and oxygen atoms in total. The van der Waals surface area contributed by atoms with Crippen molar-refractivity contribution in [3.05, 3.63) is 16.4 Å². The lowest BCUT2D eigenvalue weighted by atomic mass is 10.0. The predicted molar refractivity (Wildman–Crippen MR) is 63.7 cm³/mol. The number of aryl methyl sites for hydroxylation is 1. The number of carbonyl (C=O) groups excluding carboxylic acids is 1. The van der Waals surface area contributed by atoms with Crippen LogP contribution in [-0.2, 0) is 11.3 Å². The van der Waals surface area contributed by atoms with Gasteiger partial charge in [0.05, 0.1) is 16.4 Å². The van der Waals surface area contributed by atoms with Crippen LogP contribution in [0.5, 0.6) is 0 Å². The minimum atomic E-state index is 0.252. The zero-order valence-electron chi connectivity index (χ0n) is 9.79. The van der Waals surface area contributed by atoms with Gasteiger partial charge in [-0.05, 0) is 26.7 Å². The van der Waals surface area contributed by atoms with Gasteiger partial charge in [0.1, 0.15) is 6.54 Å². The molecule has 4 heteroatoms. The molecule has 1 aromatic rings. The lowest BCUT2D eigenvalue weighted by Gasteiger charge is -2.08. The van der Waals surface area contributed by atoms with E-state index in [1.54, 1.807) is 4.68 Å². The Morgan fingerprint density at radius 2 is 2.06 bits per heavy atom. The number of carbonyl (C=O) groups is 1. The van der Waals surface area contributed by atoms with E-state index in [4.69, 9.17) is 11.6 Å². The minimum absolute atomic E-state index is 0.252. The molecule has 0 aromatic carbocycles. The molecule has 0 amide bonds. The maximum absolute atomic E-state index is 12.0. The number of nitrogens with zero attached hydrogens (tertiary/aromatic N) is 2. The van der Waals surface area contributed by atoms with Gasteiger partial charge in [0, 0.05) is 5.92 Å². The summed E-state index contributed by atoms with van der Waals surface area (Å²) in [5.74, 6) is 0.558. The average Bonchev–Trinajstić information content (AvgIpc) is 2.85. The van der Waals surface area contributed by atoms with Crippen LogP contribution in [0.2, 0.25) is 5.02 Å². The van der Waals surface area contributed by atoms with Crippen LogP contribution in [0.15, 0.2) is 0 Å². The fourth-order valence-electron chi connectivity index (χ4n) is 2.35. The van der Waals surface area contributed by atoms with Crippen LogP contribution in [0.1, 0.15) is 37.1 Å². The van der Waals surface area contributed by atoms with Gasteiger partial charge < -0.3 is 0 Å². The first kappa shape index (κ1) is 11.6. The van der Waals surface area contributed by atoms with Crippen molar-refractivity contribution in [1.29, 1.82) is 0 Å². The Balaban J connectivity index is 2.08. The molecule has 16 heavy (non-hydrogen) atoms. The van der Waals surface area contributed by atoms with Crippen molar-refractivity contribution in [2.45, 2.75) is 46.1 Å². The van der Waals surface area contributed by atoms with E-state index in [-0.39, 0.29) is 5.92 Å². The molecule has 0 radical (unpaired) electrons. The summed E-state index contributed by atoms with van der Waals surface area (Å²) in [6.45, 7) is 4.15. The predicted octanol–water partition coefficient (Wildman–Crippen LogP) is 2.91. The second-order valence-electron chi connectivity index (χ2n) is 4.59. The topological polar surface area (TPSA) is 34.9 Å². The zero-order chi connectivity index (χ0) is 11.7. The van der Waals surface area contributed by atoms with Gasteiger partial charge in [-0.15, -0.1) is 0 Å². The molecule has 88 valence electrons. The molecular weight excluding hydrogens is 224 g/mol. The van der Waals surface area contributed by atoms with E-state index in [1.165, 1.54) is 12.8 Å². The summed E-state index contributed by atoms with van der Waals surface area (Å²) in [5.41, 5.74) is 1.70. The average molecular weight is 241 g/mol. The van der Waals surface area contributed by atoms with Crippen LogP contribution < -0.4 is 0 Å². The smallest absolute Gasteiger partial charge is 0.157 e. The van der Waals surface area contributed by atoms with Crippen molar-refractivity contribution in [1.82, 2.24) is 9.78 Å². The molecule has 0 bridgehead atoms. The first-order valence-corrected chi connectivity index (χ1v) is 6.19. The van der Waals surface area contributed by atoms with E-state index in [1.807, 2.05) is 13.8 Å². The van der Waals surface area contributed by atoms with Crippen molar-refractivity contribution >= 4 is 17.4 Å². The SMILES string of the molecule is Cc1nn(CC(=O)C2CCCC2)c(C)c1Cl. The van der Waals surface area contributed by atoms with E-state index >= 15 is 0 Å². The standard InChI is InChI=1S/C12H17ClN2O/c1-8-12(13)9(2)15(14-8)7-11(16)10-5-3-4-6-10/h10H,3-7H2,1-2H3. The van der Waals surface area contributed by atoms with Crippen molar-refractivity contribution in [2.75, 3.05) is 0 Å². The number of rotatable bonds is 3. The Labute approximate surface area is 101 Å². The van der Waals surface area contributed by atoms with E-state index < -0.39 is 0 Å². The van der Waals surface area contributed by atoms with Crippen LogP contribution in [0.4, 0.5) is 0 Å². The van der Waals surface area contributed by atoms with Crippen LogP contribution in [0.3, 0.4) is 0 Å². The summed E-state index contributed by atoms with van der Waals surface area (Å²) >= 11 is 6.05. The number of ketones is 1. The monoisotopic (exact) mass is 240 g/mol. The number of halogens is 1. The fraction of sp³-hybridized carbons (Fsp3) is 0.667. The van der Waals surface area contributed by atoms with Gasteiger partial charge in [-0.25, -0.2) is 0 Å². The first-order valence-electron chi connectivity index (χ1n) is 5.82. The van der Waals surface area contributed by atoms with Gasteiger partial charge in [-0.1, -0.05) is 24.4 Å². The maximum atomic E-state index is 12.0. The van der Waals surface area contributed by atoms with Crippen molar-refractivity contribution in [3.63, 3.8) is 0 Å². The number of aromatic nitrogens is 2. The molecule has 1 aromatic heterocycles. The quantitative estimate of drug-likeness (QED) is 0.814. The third-order valence-electron chi connectivity index (χ3n) is 3.41. The highest BCUT2D eigenvalue weighted by molar-refractivity contribution is 6.31. The second kappa shape index (κ2) is 4.58. The van der Waals surface area contributed by atoms with Crippen LogP contribution >= 0.6 is 11.6 Å². The molecule has 0 saturated heterocycles. The number of hydrogen-bond donors (Lipinski definition) is 0. The normalized spacial score (nSPS) is 16.9. The molecule has 1 heterocycles. The van der Waals surface area contributed by atoms with E-state index in [9.17, 15) is 4.79 Å². The zero-order valence-corrected chi connectivity index (χ0v) is 10.5. The van der Waals surface area contributed by atoms with Gasteiger partial charge >= 0.3 is 0 Å². The molecule has 0 atom stereocenters. The highest BCUT2D eigenvalue weighted by Gasteiger charge is 2.23. The molecule has 1 fully saturated rings. The molecule has 0 unspecified atom stereocenters. The Morgan fingerprint density at radius 3 is 2.56 bits per heavy atom. The highest BCUT2D eigenvalue weighted by Crippen LogP contribution is 2.26. The van der Waals surface area contributed by atoms with Gasteiger partial charge in [-0.3, -0.25) is 9.48 Å². The molecule has 0 N–H and O–H groups in total. The largest absolute Gasteiger partial charge is 0.297 e. The summed E-state index contributed by atoms with van der Waals surface area (Å²) in [5, 5.41) is 4.96. The minimum Gasteiger partial charge on any atom is -0.297 e. The molecule has 1 aliphatic rings. The maximum Gasteiger partial charge on any atom is 0.157 e. The Morgan fingerprint density at radius 1 is 1.44 bits per heavy atom. The van der Waals surface area contributed by atoms with Crippen molar-refractivity contribution < 1.29 is 4.79 Å². The summed E-state index contributed by atoms with van der Waals surface area (Å²) in [7, 11) is 0. The summed E-state index contributed by atoms with van der Waals surface area (Å²) in [6, 6.07) is 0. The Kier molecular flexibility index (Phi) is 3.33. The Bertz CT molecular complexity index is 405. The van der Waals surface area contributed by atoms with Gasteiger partial charge in [0.15, 0.2) is 5.78 Å². The molecule has 2 rings (SSSR count). The highest BCUT2D eigenvalue weighted by atomic mass is 35.5.